The van der Waals surface area contributed by atoms with Crippen LogP contribution >= 0.6 is 11.6 Å². The molecule has 0 spiro atoms. The number of hydrogen-bond donors (Lipinski definition) is 0. The number of halogens is 1. The molecule has 0 aromatic carbocycles. The predicted molar refractivity (Wildman–Crippen MR) is 64.4 cm³/mol. The van der Waals surface area contributed by atoms with Gasteiger partial charge in [-0.25, -0.2) is 0 Å². The maximum atomic E-state index is 5.78. The molecule has 0 unspecified atom stereocenters. The summed E-state index contributed by atoms with van der Waals surface area (Å²) in [6.07, 6.45) is 4.43. The van der Waals surface area contributed by atoms with Gasteiger partial charge < -0.3 is 4.90 Å². The maximum Gasteiger partial charge on any atom is 0.0648 e. The number of aromatic nitrogens is 1. The van der Waals surface area contributed by atoms with Gasteiger partial charge in [-0.2, -0.15) is 0 Å². The molecule has 1 aromatic rings. The zero-order valence-electron chi connectivity index (χ0n) is 9.12. The smallest absolute Gasteiger partial charge is 0.0648 e. The summed E-state index contributed by atoms with van der Waals surface area (Å²) < 4.78 is 0. The summed E-state index contributed by atoms with van der Waals surface area (Å²) in [4.78, 5) is 6.64. The van der Waals surface area contributed by atoms with Crippen molar-refractivity contribution in [3.63, 3.8) is 0 Å². The minimum absolute atomic E-state index is 0.498. The minimum Gasteiger partial charge on any atom is -0.371 e. The van der Waals surface area contributed by atoms with E-state index in [2.05, 4.69) is 28.9 Å². The van der Waals surface area contributed by atoms with Crippen molar-refractivity contribution in [2.24, 2.45) is 5.92 Å². The molecule has 82 valence electrons. The van der Waals surface area contributed by atoms with Gasteiger partial charge in [-0.15, -0.1) is 11.6 Å². The predicted octanol–water partition coefficient (Wildman–Crippen LogP) is 3.06. The minimum atomic E-state index is 0.498. The number of anilines is 1. The van der Waals surface area contributed by atoms with Crippen LogP contribution in [-0.4, -0.2) is 18.1 Å². The van der Waals surface area contributed by atoms with Gasteiger partial charge in [0.2, 0.25) is 0 Å². The third-order valence-corrected chi connectivity index (χ3v) is 3.36. The van der Waals surface area contributed by atoms with E-state index in [4.69, 9.17) is 11.6 Å². The molecule has 0 bridgehead atoms. The van der Waals surface area contributed by atoms with Gasteiger partial charge in [0, 0.05) is 25.0 Å². The third-order valence-electron chi connectivity index (χ3n) is 3.09. The Bertz CT molecular complexity index is 319. The Labute approximate surface area is 96.3 Å². The van der Waals surface area contributed by atoms with Gasteiger partial charge in [-0.05, 0) is 30.9 Å². The van der Waals surface area contributed by atoms with Gasteiger partial charge in [0.1, 0.15) is 0 Å². The summed E-state index contributed by atoms with van der Waals surface area (Å²) in [6, 6.07) is 4.18. The van der Waals surface area contributed by atoms with Gasteiger partial charge in [0.05, 0.1) is 11.6 Å². The van der Waals surface area contributed by atoms with Crippen molar-refractivity contribution in [3.05, 3.63) is 24.0 Å². The second kappa shape index (κ2) is 4.84. The molecule has 1 fully saturated rings. The monoisotopic (exact) mass is 224 g/mol. The molecule has 0 radical (unpaired) electrons. The number of nitrogens with zero attached hydrogens (tertiary/aromatic N) is 2. The van der Waals surface area contributed by atoms with E-state index in [0.717, 1.165) is 24.7 Å². The molecule has 0 atom stereocenters. The first kappa shape index (κ1) is 10.7. The highest BCUT2D eigenvalue weighted by molar-refractivity contribution is 6.16. The van der Waals surface area contributed by atoms with Gasteiger partial charge in [-0.1, -0.05) is 6.92 Å². The van der Waals surface area contributed by atoms with Crippen LogP contribution in [0, 0.1) is 5.92 Å². The molecule has 0 saturated carbocycles. The van der Waals surface area contributed by atoms with Gasteiger partial charge >= 0.3 is 0 Å². The summed E-state index contributed by atoms with van der Waals surface area (Å²) in [7, 11) is 0. The highest BCUT2D eigenvalue weighted by Gasteiger charge is 2.15. The summed E-state index contributed by atoms with van der Waals surface area (Å²) in [5.74, 6) is 1.37. The van der Waals surface area contributed by atoms with Crippen LogP contribution in [0.2, 0.25) is 0 Å². The summed E-state index contributed by atoms with van der Waals surface area (Å²) >= 11 is 5.78. The number of pyridine rings is 1. The van der Waals surface area contributed by atoms with Crippen molar-refractivity contribution in [2.45, 2.75) is 25.6 Å². The lowest BCUT2D eigenvalue weighted by atomic mass is 9.99. The Kier molecular flexibility index (Phi) is 3.47. The average Bonchev–Trinajstić information content (AvgIpc) is 2.30. The first-order chi connectivity index (χ1) is 7.29. The Morgan fingerprint density at radius 1 is 1.47 bits per heavy atom. The number of alkyl halides is 1. The van der Waals surface area contributed by atoms with Crippen LogP contribution in [0.4, 0.5) is 5.69 Å². The van der Waals surface area contributed by atoms with E-state index in [1.54, 1.807) is 0 Å². The SMILES string of the molecule is CC1CCN(c2ccnc(CCl)c2)CC1. The van der Waals surface area contributed by atoms with Crippen LogP contribution in [0.25, 0.3) is 0 Å². The lowest BCUT2D eigenvalue weighted by molar-refractivity contribution is 0.438. The van der Waals surface area contributed by atoms with Crippen LogP contribution in [0.1, 0.15) is 25.5 Å². The van der Waals surface area contributed by atoms with Gasteiger partial charge in [0.15, 0.2) is 0 Å². The summed E-state index contributed by atoms with van der Waals surface area (Å²) in [5.41, 5.74) is 2.24. The van der Waals surface area contributed by atoms with E-state index in [9.17, 15) is 0 Å². The standard InChI is InChI=1S/C12H17ClN2/c1-10-3-6-15(7-4-10)12-2-5-14-11(8-12)9-13/h2,5,8,10H,3-4,6-7,9H2,1H3. The zero-order chi connectivity index (χ0) is 10.7. The van der Waals surface area contributed by atoms with Crippen LogP contribution in [0.15, 0.2) is 18.3 Å². The van der Waals surface area contributed by atoms with Crippen LogP contribution in [0.3, 0.4) is 0 Å². The summed E-state index contributed by atoms with van der Waals surface area (Å²) in [5, 5.41) is 0. The molecule has 15 heavy (non-hydrogen) atoms. The molecule has 2 heterocycles. The third kappa shape index (κ3) is 2.63. The van der Waals surface area contributed by atoms with Crippen LogP contribution < -0.4 is 4.90 Å². The average molecular weight is 225 g/mol. The van der Waals surface area contributed by atoms with Crippen LogP contribution in [-0.2, 0) is 5.88 Å². The van der Waals surface area contributed by atoms with Crippen molar-refractivity contribution in [1.29, 1.82) is 0 Å². The molecule has 3 heteroatoms. The van der Waals surface area contributed by atoms with E-state index in [1.165, 1.54) is 18.5 Å². The molecule has 0 aliphatic carbocycles. The van der Waals surface area contributed by atoms with E-state index in [-0.39, 0.29) is 0 Å². The molecule has 1 aliphatic heterocycles. The van der Waals surface area contributed by atoms with Crippen molar-refractivity contribution < 1.29 is 0 Å². The Balaban J connectivity index is 2.08. The van der Waals surface area contributed by atoms with Crippen molar-refractivity contribution in [3.8, 4) is 0 Å². The quantitative estimate of drug-likeness (QED) is 0.718. The van der Waals surface area contributed by atoms with Crippen LogP contribution in [0.5, 0.6) is 0 Å². The first-order valence-electron chi connectivity index (χ1n) is 5.55. The fourth-order valence-corrected chi connectivity index (χ4v) is 2.15. The molecule has 1 saturated heterocycles. The summed E-state index contributed by atoms with van der Waals surface area (Å²) in [6.45, 7) is 4.65. The first-order valence-corrected chi connectivity index (χ1v) is 6.09. The van der Waals surface area contributed by atoms with Gasteiger partial charge in [-0.3, -0.25) is 4.98 Å². The molecule has 2 nitrogen and oxygen atoms in total. The second-order valence-electron chi connectivity index (χ2n) is 4.31. The molecular weight excluding hydrogens is 208 g/mol. The van der Waals surface area contributed by atoms with Crippen molar-refractivity contribution in [1.82, 2.24) is 4.98 Å². The molecule has 2 rings (SSSR count). The van der Waals surface area contributed by atoms with E-state index in [0.29, 0.717) is 5.88 Å². The number of hydrogen-bond acceptors (Lipinski definition) is 2. The Hall–Kier alpha value is -0.760. The van der Waals surface area contributed by atoms with Crippen molar-refractivity contribution in [2.75, 3.05) is 18.0 Å². The maximum absolute atomic E-state index is 5.78. The Morgan fingerprint density at radius 2 is 2.20 bits per heavy atom. The highest BCUT2D eigenvalue weighted by Crippen LogP contribution is 2.23. The number of rotatable bonds is 2. The molecular formula is C12H17ClN2. The normalized spacial score (nSPS) is 18.1. The topological polar surface area (TPSA) is 16.1 Å². The lowest BCUT2D eigenvalue weighted by Gasteiger charge is -2.32. The molecule has 0 amide bonds. The van der Waals surface area contributed by atoms with E-state index >= 15 is 0 Å². The number of piperidine rings is 1. The molecule has 0 N–H and O–H groups in total. The highest BCUT2D eigenvalue weighted by atomic mass is 35.5. The second-order valence-corrected chi connectivity index (χ2v) is 4.58. The largest absolute Gasteiger partial charge is 0.371 e. The van der Waals surface area contributed by atoms with E-state index in [1.807, 2.05) is 6.20 Å². The molecule has 1 aromatic heterocycles. The van der Waals surface area contributed by atoms with Crippen molar-refractivity contribution >= 4 is 17.3 Å². The fraction of sp³-hybridized carbons (Fsp3) is 0.583. The fourth-order valence-electron chi connectivity index (χ4n) is 2.00. The Morgan fingerprint density at radius 3 is 2.87 bits per heavy atom. The molecule has 1 aliphatic rings. The van der Waals surface area contributed by atoms with Gasteiger partial charge in [0.25, 0.3) is 0 Å². The van der Waals surface area contributed by atoms with E-state index < -0.39 is 0 Å². The zero-order valence-corrected chi connectivity index (χ0v) is 9.87. The lowest BCUT2D eigenvalue weighted by Crippen LogP contribution is -2.32.